The van der Waals surface area contributed by atoms with Gasteiger partial charge in [-0.15, -0.1) is 10.2 Å². The molecule has 1 aliphatic rings. The van der Waals surface area contributed by atoms with Crippen LogP contribution in [0, 0.1) is 0 Å². The molecule has 2 amide bonds. The number of anilines is 1. The first-order valence-electron chi connectivity index (χ1n) is 13.8. The molecule has 11 nitrogen and oxygen atoms in total. The number of piperidine rings is 1. The van der Waals surface area contributed by atoms with Gasteiger partial charge in [0.05, 0.1) is 24.3 Å². The van der Waals surface area contributed by atoms with Gasteiger partial charge >= 0.3 is 0 Å². The molecule has 43 heavy (non-hydrogen) atoms. The van der Waals surface area contributed by atoms with Crippen LogP contribution < -0.4 is 15.4 Å². The number of nitrogens with one attached hydrogen (secondary N) is 2. The fourth-order valence-electron chi connectivity index (χ4n) is 4.64. The second-order valence-corrected chi connectivity index (χ2v) is 12.7. The van der Waals surface area contributed by atoms with Crippen LogP contribution in [-0.2, 0) is 21.4 Å². The zero-order chi connectivity index (χ0) is 30.2. The summed E-state index contributed by atoms with van der Waals surface area (Å²) in [7, 11) is -2.00. The van der Waals surface area contributed by atoms with Crippen LogP contribution in [0.15, 0.2) is 88.9 Å². The van der Waals surface area contributed by atoms with Gasteiger partial charge in [0, 0.05) is 30.0 Å². The number of ether oxygens (including phenoxy) is 1. The van der Waals surface area contributed by atoms with Crippen molar-refractivity contribution in [1.29, 1.82) is 0 Å². The number of aromatic nitrogens is 3. The van der Waals surface area contributed by atoms with E-state index in [1.165, 1.54) is 40.3 Å². The van der Waals surface area contributed by atoms with Crippen molar-refractivity contribution in [2.24, 2.45) is 0 Å². The second-order valence-electron chi connectivity index (χ2n) is 9.81. The lowest BCUT2D eigenvalue weighted by Crippen LogP contribution is -2.35. The second kappa shape index (κ2) is 13.8. The minimum absolute atomic E-state index is 0.0627. The van der Waals surface area contributed by atoms with Crippen molar-refractivity contribution in [3.05, 3.63) is 90.3 Å². The summed E-state index contributed by atoms with van der Waals surface area (Å²) in [6.45, 7) is 1.09. The highest BCUT2D eigenvalue weighted by Crippen LogP contribution is 2.24. The van der Waals surface area contributed by atoms with Crippen LogP contribution >= 0.6 is 11.8 Å². The van der Waals surface area contributed by atoms with Gasteiger partial charge in [0.25, 0.3) is 5.91 Å². The van der Waals surface area contributed by atoms with Crippen molar-refractivity contribution < 1.29 is 22.7 Å². The number of carbonyl (C=O) groups is 2. The summed E-state index contributed by atoms with van der Waals surface area (Å²) in [6.07, 6.45) is 2.73. The summed E-state index contributed by atoms with van der Waals surface area (Å²) in [5, 5.41) is 14.8. The molecule has 1 saturated heterocycles. The highest BCUT2D eigenvalue weighted by atomic mass is 32.2. The molecule has 5 rings (SSSR count). The van der Waals surface area contributed by atoms with Gasteiger partial charge in [-0.3, -0.25) is 14.2 Å². The molecule has 0 saturated carbocycles. The summed E-state index contributed by atoms with van der Waals surface area (Å²) >= 11 is 1.22. The molecule has 4 aromatic rings. The van der Waals surface area contributed by atoms with E-state index in [-0.39, 0.29) is 29.0 Å². The quantitative estimate of drug-likeness (QED) is 0.239. The molecule has 224 valence electrons. The molecule has 0 aliphatic carbocycles. The molecule has 0 unspecified atom stereocenters. The number of rotatable bonds is 11. The van der Waals surface area contributed by atoms with Crippen molar-refractivity contribution in [2.45, 2.75) is 35.9 Å². The van der Waals surface area contributed by atoms with Crippen molar-refractivity contribution in [3.63, 3.8) is 0 Å². The van der Waals surface area contributed by atoms with E-state index in [9.17, 15) is 18.0 Å². The number of hydrogen-bond donors (Lipinski definition) is 2. The monoisotopic (exact) mass is 620 g/mol. The Balaban J connectivity index is 1.24. The zero-order valence-electron chi connectivity index (χ0n) is 23.6. The molecule has 0 radical (unpaired) electrons. The zero-order valence-corrected chi connectivity index (χ0v) is 25.2. The van der Waals surface area contributed by atoms with Crippen molar-refractivity contribution in [2.75, 3.05) is 31.3 Å². The molecular formula is C30H32N6O5S2. The average molecular weight is 621 g/mol. The summed E-state index contributed by atoms with van der Waals surface area (Å²) in [5.74, 6) is 0.675. The molecule has 1 aliphatic heterocycles. The predicted molar refractivity (Wildman–Crippen MR) is 164 cm³/mol. The topological polar surface area (TPSA) is 136 Å². The highest BCUT2D eigenvalue weighted by molar-refractivity contribution is 7.99. The van der Waals surface area contributed by atoms with Crippen LogP contribution in [0.2, 0.25) is 0 Å². The number of carbonyl (C=O) groups excluding carboxylic acids is 2. The molecule has 0 atom stereocenters. The van der Waals surface area contributed by atoms with Gasteiger partial charge < -0.3 is 15.4 Å². The van der Waals surface area contributed by atoms with E-state index in [4.69, 9.17) is 4.74 Å². The largest absolute Gasteiger partial charge is 0.497 e. The Morgan fingerprint density at radius 1 is 0.907 bits per heavy atom. The van der Waals surface area contributed by atoms with Crippen LogP contribution in [0.3, 0.4) is 0 Å². The number of thioether (sulfide) groups is 1. The normalized spacial score (nSPS) is 13.8. The fraction of sp³-hybridized carbons (Fsp3) is 0.267. The summed E-state index contributed by atoms with van der Waals surface area (Å²) in [4.78, 5) is 25.8. The van der Waals surface area contributed by atoms with Gasteiger partial charge in [0.2, 0.25) is 15.9 Å². The number of sulfonamides is 1. The van der Waals surface area contributed by atoms with E-state index in [1.807, 2.05) is 30.3 Å². The van der Waals surface area contributed by atoms with Gasteiger partial charge in [0.15, 0.2) is 11.0 Å². The fourth-order valence-corrected chi connectivity index (χ4v) is 6.93. The third kappa shape index (κ3) is 7.42. The van der Waals surface area contributed by atoms with Crippen molar-refractivity contribution >= 4 is 39.3 Å². The Labute approximate surface area is 254 Å². The van der Waals surface area contributed by atoms with E-state index in [0.717, 1.165) is 24.9 Å². The third-order valence-electron chi connectivity index (χ3n) is 6.90. The van der Waals surface area contributed by atoms with E-state index in [0.29, 0.717) is 41.1 Å². The lowest BCUT2D eigenvalue weighted by Gasteiger charge is -2.25. The molecule has 13 heteroatoms. The molecule has 1 aromatic heterocycles. The summed E-state index contributed by atoms with van der Waals surface area (Å²) in [5.41, 5.74) is 1.76. The Morgan fingerprint density at radius 3 is 2.28 bits per heavy atom. The molecule has 2 heterocycles. The number of hydrogen-bond acceptors (Lipinski definition) is 8. The van der Waals surface area contributed by atoms with Crippen molar-refractivity contribution in [3.8, 4) is 11.4 Å². The molecular weight excluding hydrogens is 589 g/mol. The lowest BCUT2D eigenvalue weighted by molar-refractivity contribution is -0.113. The van der Waals surface area contributed by atoms with Crippen molar-refractivity contribution in [1.82, 2.24) is 24.4 Å². The van der Waals surface area contributed by atoms with Crippen LogP contribution in [0.4, 0.5) is 5.69 Å². The van der Waals surface area contributed by atoms with Crippen LogP contribution in [0.25, 0.3) is 5.69 Å². The van der Waals surface area contributed by atoms with Gasteiger partial charge in [-0.05, 0) is 73.5 Å². The van der Waals surface area contributed by atoms with Gasteiger partial charge in [0.1, 0.15) is 5.75 Å². The molecule has 1 fully saturated rings. The van der Waals surface area contributed by atoms with E-state index >= 15 is 0 Å². The maximum absolute atomic E-state index is 13.0. The third-order valence-corrected chi connectivity index (χ3v) is 9.74. The predicted octanol–water partition coefficient (Wildman–Crippen LogP) is 4.11. The molecule has 0 spiro atoms. The first-order chi connectivity index (χ1) is 20.8. The SMILES string of the molecule is COc1ccc(NC(=O)CSc2nnc(CNC(=O)c3ccc(S(=O)(=O)N4CCCCC4)cc3)n2-c2ccccc2)cc1. The highest BCUT2D eigenvalue weighted by Gasteiger charge is 2.26. The van der Waals surface area contributed by atoms with Crippen LogP contribution in [0.5, 0.6) is 5.75 Å². The van der Waals surface area contributed by atoms with Gasteiger partial charge in [-0.25, -0.2) is 8.42 Å². The maximum Gasteiger partial charge on any atom is 0.251 e. The first kappa shape index (κ1) is 30.3. The lowest BCUT2D eigenvalue weighted by atomic mass is 10.2. The Hall–Kier alpha value is -4.20. The molecule has 0 bridgehead atoms. The minimum atomic E-state index is -3.58. The van der Waals surface area contributed by atoms with E-state index in [2.05, 4.69) is 20.8 Å². The van der Waals surface area contributed by atoms with Crippen LogP contribution in [-0.4, -0.2) is 65.3 Å². The standard InChI is InChI=1S/C30H32N6O5S2/c1-41-25-14-12-23(13-15-25)32-28(37)21-42-30-34-33-27(36(30)24-8-4-2-5-9-24)20-31-29(38)22-10-16-26(17-11-22)43(39,40)35-18-6-3-7-19-35/h2,4-5,8-17H,3,6-7,18-21H2,1H3,(H,31,38)(H,32,37). The average Bonchev–Trinajstić information content (AvgIpc) is 3.46. The smallest absolute Gasteiger partial charge is 0.251 e. The molecule has 2 N–H and O–H groups in total. The number of nitrogens with zero attached hydrogens (tertiary/aromatic N) is 4. The minimum Gasteiger partial charge on any atom is -0.497 e. The molecule has 3 aromatic carbocycles. The Bertz CT molecular complexity index is 1650. The Kier molecular flexibility index (Phi) is 9.75. The maximum atomic E-state index is 13.0. The Morgan fingerprint density at radius 2 is 1.60 bits per heavy atom. The number of amides is 2. The van der Waals surface area contributed by atoms with E-state index < -0.39 is 10.0 Å². The summed E-state index contributed by atoms with van der Waals surface area (Å²) in [6, 6.07) is 22.4. The first-order valence-corrected chi connectivity index (χ1v) is 16.2. The van der Waals surface area contributed by atoms with Gasteiger partial charge in [-0.1, -0.05) is 36.4 Å². The number of para-hydroxylation sites is 1. The van der Waals surface area contributed by atoms with Gasteiger partial charge in [-0.2, -0.15) is 4.31 Å². The number of methoxy groups -OCH3 is 1. The summed E-state index contributed by atoms with van der Waals surface area (Å²) < 4.78 is 34.3. The number of benzene rings is 3. The van der Waals surface area contributed by atoms with Crippen LogP contribution in [0.1, 0.15) is 35.4 Å². The van der Waals surface area contributed by atoms with E-state index in [1.54, 1.807) is 35.9 Å².